The van der Waals surface area contributed by atoms with Crippen molar-refractivity contribution in [3.8, 4) is 0 Å². The highest BCUT2D eigenvalue weighted by molar-refractivity contribution is 5.33. The highest BCUT2D eigenvalue weighted by Crippen LogP contribution is 2.02. The molecule has 1 fully saturated rings. The summed E-state index contributed by atoms with van der Waals surface area (Å²) < 4.78 is 5.55. The van der Waals surface area contributed by atoms with E-state index in [1.165, 1.54) is 0 Å². The largest absolute Gasteiger partial charge is 0.374 e. The lowest BCUT2D eigenvalue weighted by molar-refractivity contribution is 0.0372. The summed E-state index contributed by atoms with van der Waals surface area (Å²) in [6, 6.07) is 5.83. The molecule has 1 aromatic rings. The molecule has 2 heterocycles. The molecule has 0 saturated carbocycles. The van der Waals surface area contributed by atoms with Crippen molar-refractivity contribution in [3.05, 3.63) is 24.4 Å². The highest BCUT2D eigenvalue weighted by atomic mass is 16.5. The first-order valence-electron chi connectivity index (χ1n) is 4.92. The fraction of sp³-hybridized carbons (Fsp3) is 0.500. The van der Waals surface area contributed by atoms with E-state index in [0.717, 1.165) is 32.1 Å². The number of nitrogens with zero attached hydrogens (tertiary/aromatic N) is 1. The standard InChI is InChI=1S/C10H15N3O/c1-2-4-12-10(3-1)13-8-9-7-11-5-6-14-9/h1-4,9,11H,5-8H2,(H,12,13). The zero-order chi connectivity index (χ0) is 9.64. The molecule has 2 rings (SSSR count). The topological polar surface area (TPSA) is 46.2 Å². The van der Waals surface area contributed by atoms with Gasteiger partial charge in [0.05, 0.1) is 12.7 Å². The lowest BCUT2D eigenvalue weighted by atomic mass is 10.3. The molecule has 76 valence electrons. The molecule has 4 nitrogen and oxygen atoms in total. The van der Waals surface area contributed by atoms with Crippen LogP contribution in [-0.4, -0.2) is 37.3 Å². The first kappa shape index (κ1) is 9.43. The van der Waals surface area contributed by atoms with Gasteiger partial charge in [-0.05, 0) is 12.1 Å². The first-order chi connectivity index (χ1) is 6.95. The third kappa shape index (κ3) is 2.68. The number of morpholine rings is 1. The maximum atomic E-state index is 5.55. The molecule has 14 heavy (non-hydrogen) atoms. The number of pyridine rings is 1. The van der Waals surface area contributed by atoms with E-state index in [-0.39, 0.29) is 6.10 Å². The van der Waals surface area contributed by atoms with Crippen LogP contribution in [0.4, 0.5) is 5.82 Å². The first-order valence-corrected chi connectivity index (χ1v) is 4.92. The smallest absolute Gasteiger partial charge is 0.125 e. The fourth-order valence-corrected chi connectivity index (χ4v) is 1.44. The summed E-state index contributed by atoms with van der Waals surface area (Å²) in [5.41, 5.74) is 0. The summed E-state index contributed by atoms with van der Waals surface area (Å²) in [6.07, 6.45) is 2.04. The second kappa shape index (κ2) is 4.93. The number of hydrogen-bond donors (Lipinski definition) is 2. The van der Waals surface area contributed by atoms with Crippen molar-refractivity contribution in [2.24, 2.45) is 0 Å². The van der Waals surface area contributed by atoms with Gasteiger partial charge < -0.3 is 15.4 Å². The van der Waals surface area contributed by atoms with E-state index in [1.807, 2.05) is 18.2 Å². The Kier molecular flexibility index (Phi) is 3.32. The summed E-state index contributed by atoms with van der Waals surface area (Å²) in [5, 5.41) is 6.52. The van der Waals surface area contributed by atoms with Gasteiger partial charge in [-0.25, -0.2) is 4.98 Å². The summed E-state index contributed by atoms with van der Waals surface area (Å²) in [4.78, 5) is 4.18. The van der Waals surface area contributed by atoms with Crippen LogP contribution in [0.5, 0.6) is 0 Å². The normalized spacial score (nSPS) is 21.9. The van der Waals surface area contributed by atoms with Crippen molar-refractivity contribution in [1.82, 2.24) is 10.3 Å². The third-order valence-corrected chi connectivity index (χ3v) is 2.18. The SMILES string of the molecule is c1ccc(NCC2CNCCO2)nc1. The maximum absolute atomic E-state index is 5.55. The molecule has 1 aliphatic heterocycles. The average Bonchev–Trinajstić information content (AvgIpc) is 2.29. The molecule has 0 aliphatic carbocycles. The lowest BCUT2D eigenvalue weighted by Gasteiger charge is -2.23. The summed E-state index contributed by atoms with van der Waals surface area (Å²) in [7, 11) is 0. The summed E-state index contributed by atoms with van der Waals surface area (Å²) in [5.74, 6) is 0.904. The highest BCUT2D eigenvalue weighted by Gasteiger charge is 2.12. The molecule has 4 heteroatoms. The van der Waals surface area contributed by atoms with Crippen LogP contribution in [0.3, 0.4) is 0 Å². The number of nitrogens with one attached hydrogen (secondary N) is 2. The minimum absolute atomic E-state index is 0.255. The van der Waals surface area contributed by atoms with Crippen LogP contribution in [0.2, 0.25) is 0 Å². The van der Waals surface area contributed by atoms with Gasteiger partial charge in [0, 0.05) is 25.8 Å². The van der Waals surface area contributed by atoms with E-state index >= 15 is 0 Å². The van der Waals surface area contributed by atoms with Crippen molar-refractivity contribution in [1.29, 1.82) is 0 Å². The van der Waals surface area contributed by atoms with E-state index in [1.54, 1.807) is 6.20 Å². The number of ether oxygens (including phenoxy) is 1. The minimum atomic E-state index is 0.255. The molecule has 0 amide bonds. The molecule has 1 saturated heterocycles. The number of hydrogen-bond acceptors (Lipinski definition) is 4. The van der Waals surface area contributed by atoms with Crippen molar-refractivity contribution in [3.63, 3.8) is 0 Å². The van der Waals surface area contributed by atoms with Gasteiger partial charge in [-0.3, -0.25) is 0 Å². The Morgan fingerprint density at radius 3 is 3.29 bits per heavy atom. The third-order valence-electron chi connectivity index (χ3n) is 2.18. The lowest BCUT2D eigenvalue weighted by Crippen LogP contribution is -2.42. The van der Waals surface area contributed by atoms with Crippen molar-refractivity contribution < 1.29 is 4.74 Å². The molecule has 1 aromatic heterocycles. The predicted octanol–water partition coefficient (Wildman–Crippen LogP) is 0.482. The predicted molar refractivity (Wildman–Crippen MR) is 55.3 cm³/mol. The van der Waals surface area contributed by atoms with Crippen molar-refractivity contribution in [2.45, 2.75) is 6.10 Å². The molecule has 0 radical (unpaired) electrons. The number of anilines is 1. The quantitative estimate of drug-likeness (QED) is 0.733. The number of aromatic nitrogens is 1. The van der Waals surface area contributed by atoms with Crippen LogP contribution in [-0.2, 0) is 4.74 Å². The Bertz CT molecular complexity index is 259. The van der Waals surface area contributed by atoms with E-state index in [0.29, 0.717) is 0 Å². The maximum Gasteiger partial charge on any atom is 0.125 e. The number of rotatable bonds is 3. The van der Waals surface area contributed by atoms with Crippen molar-refractivity contribution in [2.75, 3.05) is 31.6 Å². The van der Waals surface area contributed by atoms with E-state index in [4.69, 9.17) is 4.74 Å². The molecule has 1 atom stereocenters. The molecule has 1 aliphatic rings. The second-order valence-corrected chi connectivity index (χ2v) is 3.29. The Labute approximate surface area is 83.7 Å². The molecular weight excluding hydrogens is 178 g/mol. The Morgan fingerprint density at radius 2 is 2.57 bits per heavy atom. The van der Waals surface area contributed by atoms with E-state index < -0.39 is 0 Å². The zero-order valence-corrected chi connectivity index (χ0v) is 8.07. The van der Waals surface area contributed by atoms with Gasteiger partial charge in [-0.15, -0.1) is 0 Å². The van der Waals surface area contributed by atoms with Gasteiger partial charge in [0.25, 0.3) is 0 Å². The van der Waals surface area contributed by atoms with Gasteiger partial charge in [-0.2, -0.15) is 0 Å². The Balaban J connectivity index is 1.76. The molecular formula is C10H15N3O. The van der Waals surface area contributed by atoms with Gasteiger partial charge in [0.1, 0.15) is 5.82 Å². The summed E-state index contributed by atoms with van der Waals surface area (Å²) >= 11 is 0. The van der Waals surface area contributed by atoms with Gasteiger partial charge in [0.15, 0.2) is 0 Å². The van der Waals surface area contributed by atoms with Crippen LogP contribution in [0.15, 0.2) is 24.4 Å². The fourth-order valence-electron chi connectivity index (χ4n) is 1.44. The molecule has 1 unspecified atom stereocenters. The molecule has 0 spiro atoms. The van der Waals surface area contributed by atoms with Crippen LogP contribution in [0.25, 0.3) is 0 Å². The molecule has 0 aromatic carbocycles. The van der Waals surface area contributed by atoms with Gasteiger partial charge in [0.2, 0.25) is 0 Å². The van der Waals surface area contributed by atoms with Crippen LogP contribution in [0.1, 0.15) is 0 Å². The van der Waals surface area contributed by atoms with Gasteiger partial charge in [-0.1, -0.05) is 6.07 Å². The van der Waals surface area contributed by atoms with E-state index in [9.17, 15) is 0 Å². The molecule has 2 N–H and O–H groups in total. The second-order valence-electron chi connectivity index (χ2n) is 3.29. The Morgan fingerprint density at radius 1 is 1.57 bits per heavy atom. The van der Waals surface area contributed by atoms with Crippen LogP contribution >= 0.6 is 0 Å². The monoisotopic (exact) mass is 193 g/mol. The van der Waals surface area contributed by atoms with E-state index in [2.05, 4.69) is 15.6 Å². The summed E-state index contributed by atoms with van der Waals surface area (Å²) in [6.45, 7) is 3.48. The van der Waals surface area contributed by atoms with Crippen LogP contribution < -0.4 is 10.6 Å². The molecule has 0 bridgehead atoms. The van der Waals surface area contributed by atoms with Gasteiger partial charge >= 0.3 is 0 Å². The zero-order valence-electron chi connectivity index (χ0n) is 8.07. The van der Waals surface area contributed by atoms with Crippen LogP contribution in [0, 0.1) is 0 Å². The average molecular weight is 193 g/mol. The Hall–Kier alpha value is -1.13. The van der Waals surface area contributed by atoms with Crippen molar-refractivity contribution >= 4 is 5.82 Å². The minimum Gasteiger partial charge on any atom is -0.374 e.